The number of ether oxygens (including phenoxy) is 3. The molecule has 4 rings (SSSR count). The molecule has 172 valence electrons. The average Bonchev–Trinajstić information content (AvgIpc) is 2.73. The number of aliphatic hydroxyl groups is 1. The third-order valence-electron chi connectivity index (χ3n) is 6.83. The second-order valence-electron chi connectivity index (χ2n) is 9.48. The van der Waals surface area contributed by atoms with Gasteiger partial charge >= 0.3 is 5.97 Å². The maximum Gasteiger partial charge on any atom is 0.339 e. The molecule has 0 radical (unpaired) electrons. The van der Waals surface area contributed by atoms with E-state index in [0.717, 1.165) is 23.1 Å². The van der Waals surface area contributed by atoms with E-state index in [0.29, 0.717) is 37.7 Å². The van der Waals surface area contributed by atoms with Gasteiger partial charge in [-0.25, -0.2) is 4.79 Å². The van der Waals surface area contributed by atoms with E-state index in [1.807, 2.05) is 12.1 Å². The highest BCUT2D eigenvalue weighted by Gasteiger charge is 2.41. The van der Waals surface area contributed by atoms with Crippen LogP contribution in [0.4, 0.5) is 0 Å². The van der Waals surface area contributed by atoms with Crippen LogP contribution in [-0.4, -0.2) is 55.5 Å². The van der Waals surface area contributed by atoms with Gasteiger partial charge in [0.25, 0.3) is 0 Å². The number of hydrogen-bond donors (Lipinski definition) is 2. The Morgan fingerprint density at radius 1 is 1.28 bits per heavy atom. The van der Waals surface area contributed by atoms with Crippen molar-refractivity contribution in [1.29, 1.82) is 0 Å². The number of aliphatic carboxylic acids is 1. The number of carbonyl (C=O) groups excluding carboxylic acids is 1. The van der Waals surface area contributed by atoms with Gasteiger partial charge < -0.3 is 24.4 Å². The lowest BCUT2D eigenvalue weighted by molar-refractivity contribution is -0.159. The molecule has 1 aromatic rings. The summed E-state index contributed by atoms with van der Waals surface area (Å²) in [6, 6.07) is 3.85. The van der Waals surface area contributed by atoms with Crippen molar-refractivity contribution in [2.24, 2.45) is 23.2 Å². The Labute approximate surface area is 187 Å². The van der Waals surface area contributed by atoms with Crippen molar-refractivity contribution in [3.05, 3.63) is 46.5 Å². The molecule has 1 heterocycles. The Morgan fingerprint density at radius 2 is 2.03 bits per heavy atom. The molecule has 0 bridgehead atoms. The summed E-state index contributed by atoms with van der Waals surface area (Å²) in [6.07, 6.45) is 3.81. The maximum atomic E-state index is 12.5. The predicted octanol–water partition coefficient (Wildman–Crippen LogP) is 2.64. The number of carbonyl (C=O) groups is 2. The summed E-state index contributed by atoms with van der Waals surface area (Å²) in [7, 11) is 1.66. The van der Waals surface area contributed by atoms with E-state index in [9.17, 15) is 19.8 Å². The van der Waals surface area contributed by atoms with E-state index in [-0.39, 0.29) is 35.3 Å². The minimum Gasteiger partial charge on any atom is -0.492 e. The van der Waals surface area contributed by atoms with Gasteiger partial charge in [0.1, 0.15) is 17.9 Å². The van der Waals surface area contributed by atoms with Crippen LogP contribution < -0.4 is 4.74 Å². The van der Waals surface area contributed by atoms with Crippen molar-refractivity contribution in [2.75, 3.05) is 33.5 Å². The zero-order valence-electron chi connectivity index (χ0n) is 18.7. The molecule has 2 N–H and O–H groups in total. The highest BCUT2D eigenvalue weighted by Crippen LogP contribution is 2.47. The van der Waals surface area contributed by atoms with Crippen LogP contribution in [0.15, 0.2) is 29.9 Å². The van der Waals surface area contributed by atoms with Gasteiger partial charge in [-0.1, -0.05) is 19.9 Å². The standard InChI is InChI=1S/C25H30O7/c1-14(2)17-4-15-6-23(32-13-25(10-30-3)11-31-12-25)16(9-26)5-18(15)20-8-22(27)21(24(28)29)7-19(17)20/h5-8,14,17,19,26H,4,9-13H2,1-3H3,(H,28,29). The van der Waals surface area contributed by atoms with E-state index in [1.54, 1.807) is 13.2 Å². The first-order valence-corrected chi connectivity index (χ1v) is 11.0. The fourth-order valence-electron chi connectivity index (χ4n) is 4.98. The molecule has 1 aromatic carbocycles. The molecule has 1 aliphatic heterocycles. The van der Waals surface area contributed by atoms with Gasteiger partial charge in [0, 0.05) is 18.6 Å². The summed E-state index contributed by atoms with van der Waals surface area (Å²) in [5, 5.41) is 19.5. The lowest BCUT2D eigenvalue weighted by Crippen LogP contribution is -2.50. The lowest BCUT2D eigenvalue weighted by atomic mass is 9.65. The monoisotopic (exact) mass is 442 g/mol. The fraction of sp³-hybridized carbons (Fsp3) is 0.520. The summed E-state index contributed by atoms with van der Waals surface area (Å²) in [6.45, 7) is 6.14. The third-order valence-corrected chi connectivity index (χ3v) is 6.83. The Bertz CT molecular complexity index is 984. The summed E-state index contributed by atoms with van der Waals surface area (Å²) in [4.78, 5) is 24.0. The van der Waals surface area contributed by atoms with Crippen molar-refractivity contribution in [2.45, 2.75) is 26.9 Å². The van der Waals surface area contributed by atoms with E-state index in [4.69, 9.17) is 14.2 Å². The number of carboxylic acids is 1. The van der Waals surface area contributed by atoms with Crippen molar-refractivity contribution in [3.63, 3.8) is 0 Å². The van der Waals surface area contributed by atoms with Gasteiger partial charge in [-0.3, -0.25) is 4.79 Å². The molecule has 2 unspecified atom stereocenters. The SMILES string of the molecule is COCC1(COc2cc3c(cc2CO)C2=CC(=O)C(C(=O)O)=CC2C(C(C)C)C3)COC1. The molecule has 2 atom stereocenters. The highest BCUT2D eigenvalue weighted by atomic mass is 16.5. The molecular weight excluding hydrogens is 412 g/mol. The van der Waals surface area contributed by atoms with E-state index in [2.05, 4.69) is 13.8 Å². The first-order valence-electron chi connectivity index (χ1n) is 11.0. The number of rotatable bonds is 8. The van der Waals surface area contributed by atoms with E-state index < -0.39 is 11.8 Å². The van der Waals surface area contributed by atoms with Gasteiger partial charge in [0.15, 0.2) is 5.78 Å². The molecule has 1 saturated heterocycles. The minimum absolute atomic E-state index is 0.151. The summed E-state index contributed by atoms with van der Waals surface area (Å²) in [5.41, 5.74) is 3.05. The van der Waals surface area contributed by atoms with Crippen LogP contribution in [0.1, 0.15) is 30.5 Å². The van der Waals surface area contributed by atoms with Crippen LogP contribution >= 0.6 is 0 Å². The minimum atomic E-state index is -1.19. The lowest BCUT2D eigenvalue weighted by Gasteiger charge is -2.41. The molecule has 0 spiro atoms. The van der Waals surface area contributed by atoms with Crippen LogP contribution in [0, 0.1) is 23.2 Å². The van der Waals surface area contributed by atoms with Crippen molar-refractivity contribution >= 4 is 17.3 Å². The summed E-state index contributed by atoms with van der Waals surface area (Å²) >= 11 is 0. The van der Waals surface area contributed by atoms with Gasteiger partial charge in [-0.15, -0.1) is 0 Å². The predicted molar refractivity (Wildman–Crippen MR) is 117 cm³/mol. The Hall–Kier alpha value is -2.48. The highest BCUT2D eigenvalue weighted by molar-refractivity contribution is 6.24. The number of ketones is 1. The molecule has 0 aromatic heterocycles. The van der Waals surface area contributed by atoms with Crippen molar-refractivity contribution < 1.29 is 34.0 Å². The Morgan fingerprint density at radius 3 is 2.59 bits per heavy atom. The molecule has 7 nitrogen and oxygen atoms in total. The number of aliphatic hydroxyl groups excluding tert-OH is 1. The number of methoxy groups -OCH3 is 1. The summed E-state index contributed by atoms with van der Waals surface area (Å²) < 4.78 is 16.8. The Balaban J connectivity index is 1.70. The van der Waals surface area contributed by atoms with Crippen LogP contribution in [0.25, 0.3) is 5.57 Å². The fourth-order valence-corrected chi connectivity index (χ4v) is 4.98. The largest absolute Gasteiger partial charge is 0.492 e. The third kappa shape index (κ3) is 4.00. The number of benzene rings is 1. The molecule has 0 amide bonds. The van der Waals surface area contributed by atoms with Gasteiger partial charge in [-0.05, 0) is 53.2 Å². The zero-order valence-corrected chi connectivity index (χ0v) is 18.7. The molecule has 1 fully saturated rings. The number of fused-ring (bicyclic) bond motifs is 3. The second-order valence-corrected chi connectivity index (χ2v) is 9.48. The van der Waals surface area contributed by atoms with Gasteiger partial charge in [-0.2, -0.15) is 0 Å². The van der Waals surface area contributed by atoms with Crippen molar-refractivity contribution in [3.8, 4) is 5.75 Å². The smallest absolute Gasteiger partial charge is 0.339 e. The molecule has 32 heavy (non-hydrogen) atoms. The molecular formula is C25H30O7. The number of hydrogen-bond acceptors (Lipinski definition) is 6. The number of carboxylic acid groups (broad SMARTS) is 1. The van der Waals surface area contributed by atoms with E-state index in [1.165, 1.54) is 6.08 Å². The van der Waals surface area contributed by atoms with Crippen LogP contribution in [0.2, 0.25) is 0 Å². The first kappa shape index (κ1) is 22.7. The van der Waals surface area contributed by atoms with Crippen LogP contribution in [0.3, 0.4) is 0 Å². The maximum absolute atomic E-state index is 12.5. The molecule has 7 heteroatoms. The molecule has 2 aliphatic carbocycles. The van der Waals surface area contributed by atoms with Crippen LogP contribution in [-0.2, 0) is 32.1 Å². The molecule has 0 saturated carbocycles. The first-order chi connectivity index (χ1) is 15.3. The van der Waals surface area contributed by atoms with E-state index >= 15 is 0 Å². The zero-order chi connectivity index (χ0) is 23.0. The quantitative estimate of drug-likeness (QED) is 0.597. The second kappa shape index (κ2) is 8.81. The van der Waals surface area contributed by atoms with Gasteiger partial charge in [0.2, 0.25) is 0 Å². The van der Waals surface area contributed by atoms with Crippen molar-refractivity contribution in [1.82, 2.24) is 0 Å². The Kier molecular flexibility index (Phi) is 6.25. The van der Waals surface area contributed by atoms with Gasteiger partial charge in [0.05, 0.1) is 31.8 Å². The van der Waals surface area contributed by atoms with Crippen LogP contribution in [0.5, 0.6) is 5.75 Å². The number of allylic oxidation sites excluding steroid dienone is 3. The molecule has 3 aliphatic rings. The topological polar surface area (TPSA) is 102 Å². The normalized spacial score (nSPS) is 23.6. The summed E-state index contributed by atoms with van der Waals surface area (Å²) in [5.74, 6) is -0.764. The average molecular weight is 443 g/mol.